The summed E-state index contributed by atoms with van der Waals surface area (Å²) < 4.78 is 0. The third kappa shape index (κ3) is 2.00. The van der Waals surface area contributed by atoms with Crippen LogP contribution in [0.1, 0.15) is 39.0 Å². The average Bonchev–Trinajstić information content (AvgIpc) is 2.39. The Morgan fingerprint density at radius 3 is 2.83 bits per heavy atom. The second-order valence-corrected chi connectivity index (χ2v) is 5.20. The minimum Gasteiger partial charge on any atom is -0.299 e. The number of Topliss-reactive ketones (excluding diaryl/α,β-unsaturated/α-hetero) is 1. The van der Waals surface area contributed by atoms with Gasteiger partial charge < -0.3 is 0 Å². The van der Waals surface area contributed by atoms with Crippen LogP contribution in [0.15, 0.2) is 24.3 Å². The molecule has 0 aliphatic heterocycles. The lowest BCUT2D eigenvalue weighted by atomic mass is 9.61. The van der Waals surface area contributed by atoms with E-state index in [0.717, 1.165) is 19.3 Å². The third-order valence-corrected chi connectivity index (χ3v) is 4.40. The first kappa shape index (κ1) is 13.0. The molecule has 0 aromatic rings. The van der Waals surface area contributed by atoms with Gasteiger partial charge >= 0.3 is 0 Å². The van der Waals surface area contributed by atoms with Crippen molar-refractivity contribution in [3.05, 3.63) is 34.4 Å². The van der Waals surface area contributed by atoms with Gasteiger partial charge in [-0.1, -0.05) is 31.6 Å². The zero-order chi connectivity index (χ0) is 13.2. The molecule has 0 amide bonds. The van der Waals surface area contributed by atoms with Crippen molar-refractivity contribution in [3.8, 4) is 0 Å². The summed E-state index contributed by atoms with van der Waals surface area (Å²) in [4.78, 5) is 23.2. The summed E-state index contributed by atoms with van der Waals surface area (Å²) in [6, 6.07) is -0.764. The summed E-state index contributed by atoms with van der Waals surface area (Å²) in [5.74, 6) is 0.0164. The van der Waals surface area contributed by atoms with Gasteiger partial charge in [0.1, 0.15) is 5.78 Å². The van der Waals surface area contributed by atoms with E-state index in [4.69, 9.17) is 0 Å². The fraction of sp³-hybridized carbons (Fsp3) is 0.643. The van der Waals surface area contributed by atoms with Crippen molar-refractivity contribution in [3.63, 3.8) is 0 Å². The minimum absolute atomic E-state index is 0.187. The van der Waals surface area contributed by atoms with E-state index >= 15 is 0 Å². The number of carbonyl (C=O) groups is 1. The maximum Gasteiger partial charge on any atom is 0.241 e. The predicted octanol–water partition coefficient (Wildman–Crippen LogP) is 2.91. The molecule has 1 saturated carbocycles. The van der Waals surface area contributed by atoms with E-state index < -0.39 is 11.5 Å². The smallest absolute Gasteiger partial charge is 0.241 e. The molecule has 98 valence electrons. The van der Waals surface area contributed by atoms with E-state index in [9.17, 15) is 14.9 Å². The lowest BCUT2D eigenvalue weighted by Gasteiger charge is -2.40. The number of allylic oxidation sites excluding steroid dienone is 2. The molecular weight excluding hydrogens is 230 g/mol. The highest BCUT2D eigenvalue weighted by Gasteiger charge is 2.51. The highest BCUT2D eigenvalue weighted by molar-refractivity contribution is 5.83. The van der Waals surface area contributed by atoms with Gasteiger partial charge in [-0.3, -0.25) is 14.9 Å². The van der Waals surface area contributed by atoms with Crippen LogP contribution in [0.5, 0.6) is 0 Å². The standard InChI is InChI=1S/C14H19NO3/c1-2-14(11-7-3-4-8-12(11)16)10-6-5-9-13(14)15(17)18/h5-6,9-11,13H,2-4,7-8H2,1H3. The van der Waals surface area contributed by atoms with Crippen molar-refractivity contribution in [1.29, 1.82) is 0 Å². The molecule has 0 aromatic heterocycles. The molecule has 4 heteroatoms. The highest BCUT2D eigenvalue weighted by Crippen LogP contribution is 2.45. The number of hydrogen-bond acceptors (Lipinski definition) is 3. The Kier molecular flexibility index (Phi) is 3.64. The SMILES string of the molecule is CCC1(C2CCCCC2=O)C=CC=CC1[N+](=O)[O-]. The number of rotatable bonds is 3. The number of ketones is 1. The van der Waals surface area contributed by atoms with Gasteiger partial charge in [0, 0.05) is 17.3 Å². The Bertz CT molecular complexity index is 413. The molecule has 18 heavy (non-hydrogen) atoms. The van der Waals surface area contributed by atoms with E-state index in [1.54, 1.807) is 12.2 Å². The molecule has 0 saturated heterocycles. The normalized spacial score (nSPS) is 35.7. The largest absolute Gasteiger partial charge is 0.299 e. The Balaban J connectivity index is 2.38. The Morgan fingerprint density at radius 1 is 1.44 bits per heavy atom. The molecule has 0 bridgehead atoms. The van der Waals surface area contributed by atoms with Crippen molar-refractivity contribution < 1.29 is 9.72 Å². The van der Waals surface area contributed by atoms with Gasteiger partial charge in [-0.2, -0.15) is 0 Å². The predicted molar refractivity (Wildman–Crippen MR) is 68.8 cm³/mol. The fourth-order valence-corrected chi connectivity index (χ4v) is 3.40. The second kappa shape index (κ2) is 5.04. The Morgan fingerprint density at radius 2 is 2.22 bits per heavy atom. The molecule has 1 fully saturated rings. The maximum atomic E-state index is 12.1. The third-order valence-electron chi connectivity index (χ3n) is 4.40. The molecule has 0 spiro atoms. The molecule has 0 radical (unpaired) electrons. The van der Waals surface area contributed by atoms with Crippen molar-refractivity contribution in [2.75, 3.05) is 0 Å². The van der Waals surface area contributed by atoms with Crippen LogP contribution in [-0.4, -0.2) is 16.7 Å². The van der Waals surface area contributed by atoms with Gasteiger partial charge in [-0.25, -0.2) is 0 Å². The van der Waals surface area contributed by atoms with Crippen molar-refractivity contribution in [1.82, 2.24) is 0 Å². The first-order valence-corrected chi connectivity index (χ1v) is 6.64. The van der Waals surface area contributed by atoms with Crippen molar-refractivity contribution in [2.45, 2.75) is 45.1 Å². The summed E-state index contributed by atoms with van der Waals surface area (Å²) in [5, 5.41) is 11.3. The molecule has 2 rings (SSSR count). The van der Waals surface area contributed by atoms with Gasteiger partial charge in [-0.05, 0) is 25.3 Å². The molecule has 2 aliphatic carbocycles. The van der Waals surface area contributed by atoms with Crippen molar-refractivity contribution in [2.24, 2.45) is 11.3 Å². The van der Waals surface area contributed by atoms with Crippen molar-refractivity contribution >= 4 is 5.78 Å². The second-order valence-electron chi connectivity index (χ2n) is 5.20. The first-order valence-electron chi connectivity index (χ1n) is 6.64. The van der Waals surface area contributed by atoms with Crippen LogP contribution in [-0.2, 0) is 4.79 Å². The molecule has 3 atom stereocenters. The number of nitro groups is 1. The van der Waals surface area contributed by atoms with E-state index in [-0.39, 0.29) is 16.6 Å². The van der Waals surface area contributed by atoms with Gasteiger partial charge in [0.25, 0.3) is 0 Å². The summed E-state index contributed by atoms with van der Waals surface area (Å²) in [5.41, 5.74) is -0.615. The van der Waals surface area contributed by atoms with Crippen LogP contribution in [0.2, 0.25) is 0 Å². The van der Waals surface area contributed by atoms with Crippen LogP contribution in [0.25, 0.3) is 0 Å². The maximum absolute atomic E-state index is 12.1. The summed E-state index contributed by atoms with van der Waals surface area (Å²) >= 11 is 0. The van der Waals surface area contributed by atoms with Gasteiger partial charge in [-0.15, -0.1) is 0 Å². The Labute approximate surface area is 107 Å². The molecule has 0 N–H and O–H groups in total. The zero-order valence-electron chi connectivity index (χ0n) is 10.7. The lowest BCUT2D eigenvalue weighted by Crippen LogP contribution is -2.48. The van der Waals surface area contributed by atoms with E-state index in [1.165, 1.54) is 0 Å². The monoisotopic (exact) mass is 249 g/mol. The number of nitrogens with zero attached hydrogens (tertiary/aromatic N) is 1. The summed E-state index contributed by atoms with van der Waals surface area (Å²) in [6.07, 6.45) is 11.0. The summed E-state index contributed by atoms with van der Waals surface area (Å²) in [6.45, 7) is 1.95. The highest BCUT2D eigenvalue weighted by atomic mass is 16.6. The zero-order valence-corrected chi connectivity index (χ0v) is 10.7. The van der Waals surface area contributed by atoms with Crippen LogP contribution in [0.3, 0.4) is 0 Å². The van der Waals surface area contributed by atoms with Crippen LogP contribution < -0.4 is 0 Å². The molecular formula is C14H19NO3. The molecule has 0 aromatic carbocycles. The molecule has 0 heterocycles. The van der Waals surface area contributed by atoms with E-state index in [2.05, 4.69) is 0 Å². The molecule has 4 nitrogen and oxygen atoms in total. The van der Waals surface area contributed by atoms with Crippen LogP contribution in [0.4, 0.5) is 0 Å². The van der Waals surface area contributed by atoms with Gasteiger partial charge in [0.05, 0.1) is 5.41 Å². The molecule has 2 aliphatic rings. The first-order chi connectivity index (χ1) is 8.62. The average molecular weight is 249 g/mol. The van der Waals surface area contributed by atoms with Crippen LogP contribution >= 0.6 is 0 Å². The lowest BCUT2D eigenvalue weighted by molar-refractivity contribution is -0.528. The number of carbonyl (C=O) groups excluding carboxylic acids is 1. The number of hydrogen-bond donors (Lipinski definition) is 0. The topological polar surface area (TPSA) is 60.2 Å². The molecule has 3 unspecified atom stereocenters. The van der Waals surface area contributed by atoms with Gasteiger partial charge in [0.2, 0.25) is 6.04 Å². The summed E-state index contributed by atoms with van der Waals surface area (Å²) in [7, 11) is 0. The minimum atomic E-state index is -0.764. The Hall–Kier alpha value is -1.45. The fourth-order valence-electron chi connectivity index (χ4n) is 3.40. The van der Waals surface area contributed by atoms with E-state index in [1.807, 2.05) is 19.1 Å². The van der Waals surface area contributed by atoms with E-state index in [0.29, 0.717) is 12.8 Å². The van der Waals surface area contributed by atoms with Crippen LogP contribution in [0, 0.1) is 21.4 Å². The quantitative estimate of drug-likeness (QED) is 0.570. The van der Waals surface area contributed by atoms with Gasteiger partial charge in [0.15, 0.2) is 0 Å².